The van der Waals surface area contributed by atoms with Gasteiger partial charge in [0.2, 0.25) is 0 Å². The van der Waals surface area contributed by atoms with Gasteiger partial charge in [-0.3, -0.25) is 10.2 Å². The molecule has 0 spiro atoms. The summed E-state index contributed by atoms with van der Waals surface area (Å²) in [6.07, 6.45) is 0. The Morgan fingerprint density at radius 1 is 1.12 bits per heavy atom. The molecule has 0 fully saturated rings. The van der Waals surface area contributed by atoms with E-state index in [2.05, 4.69) is 21.4 Å². The van der Waals surface area contributed by atoms with Gasteiger partial charge in [0.1, 0.15) is 22.3 Å². The summed E-state index contributed by atoms with van der Waals surface area (Å²) in [5.41, 5.74) is 2.11. The number of hydrogen-bond donors (Lipinski definition) is 2. The van der Waals surface area contributed by atoms with Crippen molar-refractivity contribution in [1.29, 1.82) is 0 Å². The van der Waals surface area contributed by atoms with Crippen LogP contribution in [0.3, 0.4) is 0 Å². The van der Waals surface area contributed by atoms with E-state index < -0.39 is 15.9 Å². The van der Waals surface area contributed by atoms with Crippen molar-refractivity contribution in [2.24, 2.45) is 0 Å². The molecule has 0 radical (unpaired) electrons. The second kappa shape index (κ2) is 8.04. The SMILES string of the molecule is O=C(NNS(=O)(=O)c1ccc(Br)s1)c1ccc(COc2ccccc2)o1. The van der Waals surface area contributed by atoms with Gasteiger partial charge in [-0.25, -0.2) is 8.42 Å². The highest BCUT2D eigenvalue weighted by Gasteiger charge is 2.19. The Balaban J connectivity index is 1.56. The van der Waals surface area contributed by atoms with Crippen molar-refractivity contribution < 1.29 is 22.4 Å². The molecule has 0 bridgehead atoms. The molecular weight excluding hydrogens is 444 g/mol. The minimum atomic E-state index is -3.84. The van der Waals surface area contributed by atoms with Gasteiger partial charge in [0.25, 0.3) is 10.0 Å². The van der Waals surface area contributed by atoms with Crippen molar-refractivity contribution in [3.63, 3.8) is 0 Å². The first-order chi connectivity index (χ1) is 12.4. The van der Waals surface area contributed by atoms with Gasteiger partial charge in [0, 0.05) is 0 Å². The summed E-state index contributed by atoms with van der Waals surface area (Å²) in [6, 6.07) is 15.2. The molecule has 1 aromatic carbocycles. The molecule has 26 heavy (non-hydrogen) atoms. The standard InChI is InChI=1S/C16H13BrN2O5S2/c17-14-8-9-15(25-14)26(21,22)19-18-16(20)13-7-6-12(24-13)10-23-11-4-2-1-3-5-11/h1-9,19H,10H2,(H,18,20). The lowest BCUT2D eigenvalue weighted by Crippen LogP contribution is -2.41. The van der Waals surface area contributed by atoms with Crippen LogP contribution in [0.1, 0.15) is 16.3 Å². The predicted molar refractivity (Wildman–Crippen MR) is 99.3 cm³/mol. The maximum atomic E-state index is 12.1. The summed E-state index contributed by atoms with van der Waals surface area (Å²) in [5, 5.41) is 0. The first-order valence-electron chi connectivity index (χ1n) is 7.28. The van der Waals surface area contributed by atoms with Crippen molar-refractivity contribution >= 4 is 43.2 Å². The average Bonchev–Trinajstić information content (AvgIpc) is 3.28. The second-order valence-electron chi connectivity index (χ2n) is 4.99. The van der Waals surface area contributed by atoms with Crippen LogP contribution < -0.4 is 15.0 Å². The highest BCUT2D eigenvalue weighted by atomic mass is 79.9. The van der Waals surface area contributed by atoms with E-state index in [1.165, 1.54) is 12.1 Å². The summed E-state index contributed by atoms with van der Waals surface area (Å²) in [6.45, 7) is 0.145. The van der Waals surface area contributed by atoms with E-state index in [9.17, 15) is 13.2 Å². The van der Waals surface area contributed by atoms with Gasteiger partial charge in [-0.1, -0.05) is 18.2 Å². The minimum absolute atomic E-state index is 0.0354. The van der Waals surface area contributed by atoms with E-state index in [0.717, 1.165) is 11.3 Å². The lowest BCUT2D eigenvalue weighted by atomic mass is 10.3. The summed E-state index contributed by atoms with van der Waals surface area (Å²) in [7, 11) is -3.84. The summed E-state index contributed by atoms with van der Waals surface area (Å²) in [4.78, 5) is 14.1. The molecule has 0 aliphatic rings. The molecule has 0 atom stereocenters. The number of sulfonamides is 1. The summed E-state index contributed by atoms with van der Waals surface area (Å²) < 4.78 is 35.7. The van der Waals surface area contributed by atoms with Crippen LogP contribution in [0.25, 0.3) is 0 Å². The van der Waals surface area contributed by atoms with Crippen LogP contribution in [0.15, 0.2) is 67.0 Å². The summed E-state index contributed by atoms with van der Waals surface area (Å²) in [5.74, 6) is 0.357. The maximum Gasteiger partial charge on any atom is 0.301 e. The largest absolute Gasteiger partial charge is 0.486 e. The van der Waals surface area contributed by atoms with Gasteiger partial charge in [-0.2, -0.15) is 0 Å². The molecule has 0 saturated carbocycles. The number of furan rings is 1. The Morgan fingerprint density at radius 3 is 2.58 bits per heavy atom. The molecule has 2 N–H and O–H groups in total. The molecule has 3 rings (SSSR count). The highest BCUT2D eigenvalue weighted by molar-refractivity contribution is 9.11. The maximum absolute atomic E-state index is 12.1. The fourth-order valence-electron chi connectivity index (χ4n) is 1.92. The Kier molecular flexibility index (Phi) is 5.77. The van der Waals surface area contributed by atoms with Crippen molar-refractivity contribution in [2.45, 2.75) is 10.8 Å². The number of hydrazine groups is 1. The lowest BCUT2D eigenvalue weighted by molar-refractivity contribution is 0.0913. The van der Waals surface area contributed by atoms with E-state index in [4.69, 9.17) is 9.15 Å². The van der Waals surface area contributed by atoms with E-state index in [1.807, 2.05) is 23.0 Å². The number of nitrogens with one attached hydrogen (secondary N) is 2. The van der Waals surface area contributed by atoms with Crippen LogP contribution in [0, 0.1) is 0 Å². The average molecular weight is 457 g/mol. The van der Waals surface area contributed by atoms with Gasteiger partial charge >= 0.3 is 5.91 Å². The van der Waals surface area contributed by atoms with E-state index in [1.54, 1.807) is 24.3 Å². The third-order valence-corrected chi connectivity index (χ3v) is 6.49. The van der Waals surface area contributed by atoms with Gasteiger partial charge < -0.3 is 9.15 Å². The second-order valence-corrected chi connectivity index (χ2v) is 9.36. The highest BCUT2D eigenvalue weighted by Crippen LogP contribution is 2.25. The topological polar surface area (TPSA) is 97.6 Å². The number of ether oxygens (including phenoxy) is 1. The zero-order chi connectivity index (χ0) is 18.6. The molecule has 2 heterocycles. The zero-order valence-corrected chi connectivity index (χ0v) is 16.4. The summed E-state index contributed by atoms with van der Waals surface area (Å²) >= 11 is 4.21. The molecule has 0 aliphatic carbocycles. The zero-order valence-electron chi connectivity index (χ0n) is 13.1. The van der Waals surface area contributed by atoms with Gasteiger partial charge in [-0.15, -0.1) is 16.2 Å². The number of halogens is 1. The van der Waals surface area contributed by atoms with Crippen LogP contribution >= 0.6 is 27.3 Å². The van der Waals surface area contributed by atoms with Crippen LogP contribution in [0.4, 0.5) is 0 Å². The number of hydrogen-bond acceptors (Lipinski definition) is 6. The Bertz CT molecular complexity index is 999. The Morgan fingerprint density at radius 2 is 1.88 bits per heavy atom. The number of para-hydroxylation sites is 1. The van der Waals surface area contributed by atoms with E-state index >= 15 is 0 Å². The first kappa shape index (κ1) is 18.6. The molecule has 10 heteroatoms. The van der Waals surface area contributed by atoms with Crippen LogP contribution in [0.2, 0.25) is 0 Å². The van der Waals surface area contributed by atoms with E-state index in [0.29, 0.717) is 15.3 Å². The lowest BCUT2D eigenvalue weighted by Gasteiger charge is -2.05. The number of rotatable bonds is 7. The smallest absolute Gasteiger partial charge is 0.301 e. The van der Waals surface area contributed by atoms with Crippen LogP contribution in [-0.4, -0.2) is 14.3 Å². The minimum Gasteiger partial charge on any atom is -0.486 e. The fourth-order valence-corrected chi connectivity index (χ4v) is 4.77. The van der Waals surface area contributed by atoms with Crippen LogP contribution in [-0.2, 0) is 16.6 Å². The third-order valence-electron chi connectivity index (χ3n) is 3.12. The third kappa shape index (κ3) is 4.73. The molecule has 0 unspecified atom stereocenters. The normalized spacial score (nSPS) is 11.3. The van der Waals surface area contributed by atoms with Gasteiger partial charge in [0.15, 0.2) is 5.76 Å². The molecular formula is C16H13BrN2O5S2. The molecule has 0 saturated heterocycles. The van der Waals surface area contributed by atoms with E-state index in [-0.39, 0.29) is 16.6 Å². The molecule has 3 aromatic rings. The van der Waals surface area contributed by atoms with Gasteiger partial charge in [0.05, 0.1) is 3.79 Å². The molecule has 2 aromatic heterocycles. The van der Waals surface area contributed by atoms with Crippen molar-refractivity contribution in [3.05, 3.63) is 69.9 Å². The van der Waals surface area contributed by atoms with Crippen molar-refractivity contribution in [1.82, 2.24) is 10.3 Å². The van der Waals surface area contributed by atoms with Crippen LogP contribution in [0.5, 0.6) is 5.75 Å². The molecule has 1 amide bonds. The van der Waals surface area contributed by atoms with Gasteiger partial charge in [-0.05, 0) is 52.3 Å². The number of carbonyl (C=O) groups excluding carboxylic acids is 1. The number of thiophene rings is 1. The monoisotopic (exact) mass is 456 g/mol. The van der Waals surface area contributed by atoms with Crippen molar-refractivity contribution in [2.75, 3.05) is 0 Å². The molecule has 0 aliphatic heterocycles. The fraction of sp³-hybridized carbons (Fsp3) is 0.0625. The van der Waals surface area contributed by atoms with Crippen molar-refractivity contribution in [3.8, 4) is 5.75 Å². The Labute approximate surface area is 162 Å². The predicted octanol–water partition coefficient (Wildman–Crippen LogP) is 3.31. The quantitative estimate of drug-likeness (QED) is 0.531. The molecule has 7 nitrogen and oxygen atoms in total. The number of carbonyl (C=O) groups is 1. The molecule has 136 valence electrons. The Hall–Kier alpha value is -2.14. The first-order valence-corrected chi connectivity index (χ1v) is 10.4. The number of amides is 1. The number of benzene rings is 1.